The van der Waals surface area contributed by atoms with Crippen LogP contribution in [0.15, 0.2) is 24.4 Å². The smallest absolute Gasteiger partial charge is 0.0852 e. The van der Waals surface area contributed by atoms with Crippen molar-refractivity contribution in [2.24, 2.45) is 0 Å². The molecule has 1 aromatic heterocycles. The van der Waals surface area contributed by atoms with Crippen LogP contribution in [0.2, 0.25) is 0 Å². The molecule has 0 aliphatic rings. The Labute approximate surface area is 96.1 Å². The molecule has 1 atom stereocenters. The number of rotatable bonds is 4. The monoisotopic (exact) mass is 218 g/mol. The Balaban J connectivity index is 2.72. The number of nitrogens with zero attached hydrogens (tertiary/aromatic N) is 1. The van der Waals surface area contributed by atoms with Crippen LogP contribution in [0.4, 0.5) is 0 Å². The molecule has 1 aromatic rings. The number of nitrogens with one attached hydrogen (secondary N) is 1. The summed E-state index contributed by atoms with van der Waals surface area (Å²) in [5.41, 5.74) is 0.995. The summed E-state index contributed by atoms with van der Waals surface area (Å²) in [7, 11) is 0. The van der Waals surface area contributed by atoms with Gasteiger partial charge < -0.3 is 5.32 Å². The fourth-order valence-electron chi connectivity index (χ4n) is 1.37. The molecule has 3 heteroatoms. The number of terminal acetylenes is 1. The predicted octanol–water partition coefficient (Wildman–Crippen LogP) is 2.13. The average molecular weight is 218 g/mol. The molecule has 0 fully saturated rings. The number of hydrogen-bond acceptors (Lipinski definition) is 2. The summed E-state index contributed by atoms with van der Waals surface area (Å²) in [5, 5.41) is 3.04. The molecule has 1 heterocycles. The van der Waals surface area contributed by atoms with Crippen molar-refractivity contribution in [1.29, 1.82) is 0 Å². The average Bonchev–Trinajstić information content (AvgIpc) is 2.29. The van der Waals surface area contributed by atoms with Crippen LogP contribution in [-0.4, -0.2) is 16.5 Å². The topological polar surface area (TPSA) is 24.9 Å². The second-order valence-corrected chi connectivity index (χ2v) is 3.58. The molecule has 0 radical (unpaired) electrons. The first kappa shape index (κ1) is 11.7. The van der Waals surface area contributed by atoms with Crippen LogP contribution in [0, 0.1) is 12.3 Å². The minimum Gasteiger partial charge on any atom is -0.368 e. The maximum atomic E-state index is 5.28. The quantitative estimate of drug-likeness (QED) is 0.619. The van der Waals surface area contributed by atoms with Crippen LogP contribution in [0.5, 0.6) is 0 Å². The molecule has 2 nitrogen and oxygen atoms in total. The molecule has 0 aliphatic carbocycles. The minimum atomic E-state index is 0.162. The van der Waals surface area contributed by atoms with Crippen LogP contribution in [0.25, 0.3) is 0 Å². The maximum absolute atomic E-state index is 5.28. The summed E-state index contributed by atoms with van der Waals surface area (Å²) in [6.07, 6.45) is 7.87. The minimum absolute atomic E-state index is 0.162. The Morgan fingerprint density at radius 3 is 3.00 bits per heavy atom. The van der Waals surface area contributed by atoms with Crippen molar-refractivity contribution in [3.8, 4) is 12.3 Å². The van der Waals surface area contributed by atoms with Crippen LogP contribution in [-0.2, 0) is 0 Å². The van der Waals surface area contributed by atoms with Gasteiger partial charge in [-0.3, -0.25) is 4.98 Å². The second kappa shape index (κ2) is 6.15. The highest BCUT2D eigenvalue weighted by Crippen LogP contribution is 2.17. The highest BCUT2D eigenvalue weighted by molar-refractivity contribution is 7.80. The van der Waals surface area contributed by atoms with E-state index in [1.807, 2.05) is 18.2 Å². The van der Waals surface area contributed by atoms with Crippen molar-refractivity contribution in [3.63, 3.8) is 0 Å². The lowest BCUT2D eigenvalue weighted by Crippen LogP contribution is -2.28. The zero-order valence-electron chi connectivity index (χ0n) is 8.73. The standard InChI is InChI=1S/C12H14N2S/c1-3-8-14-12(15)10(4-2)11-7-5-6-9-13-11/h1,5-7,9-10H,4,8H2,2H3,(H,14,15). The Morgan fingerprint density at radius 2 is 2.47 bits per heavy atom. The van der Waals surface area contributed by atoms with Crippen molar-refractivity contribution < 1.29 is 0 Å². The van der Waals surface area contributed by atoms with E-state index in [0.717, 1.165) is 17.1 Å². The second-order valence-electron chi connectivity index (χ2n) is 3.14. The first-order valence-corrected chi connectivity index (χ1v) is 5.32. The van der Waals surface area contributed by atoms with E-state index >= 15 is 0 Å². The molecule has 0 aromatic carbocycles. The first-order chi connectivity index (χ1) is 7.29. The lowest BCUT2D eigenvalue weighted by molar-refractivity contribution is 0.792. The molecule has 1 rings (SSSR count). The van der Waals surface area contributed by atoms with Crippen LogP contribution in [0.1, 0.15) is 25.0 Å². The lowest BCUT2D eigenvalue weighted by Gasteiger charge is -2.15. The molecule has 0 spiro atoms. The molecule has 1 N–H and O–H groups in total. The van der Waals surface area contributed by atoms with Crippen LogP contribution in [0.3, 0.4) is 0 Å². The van der Waals surface area contributed by atoms with Gasteiger partial charge in [-0.2, -0.15) is 0 Å². The van der Waals surface area contributed by atoms with Gasteiger partial charge in [0.2, 0.25) is 0 Å². The summed E-state index contributed by atoms with van der Waals surface area (Å²) >= 11 is 5.28. The van der Waals surface area contributed by atoms with E-state index in [9.17, 15) is 0 Å². The third-order valence-corrected chi connectivity index (χ3v) is 2.56. The van der Waals surface area contributed by atoms with Gasteiger partial charge in [0, 0.05) is 6.20 Å². The van der Waals surface area contributed by atoms with E-state index in [-0.39, 0.29) is 5.92 Å². The molecule has 0 bridgehead atoms. The lowest BCUT2D eigenvalue weighted by atomic mass is 10.0. The summed E-state index contributed by atoms with van der Waals surface area (Å²) < 4.78 is 0. The Hall–Kier alpha value is -1.40. The van der Waals surface area contributed by atoms with Crippen molar-refractivity contribution in [1.82, 2.24) is 10.3 Å². The first-order valence-electron chi connectivity index (χ1n) is 4.91. The molecular formula is C12H14N2S. The molecule has 78 valence electrons. The summed E-state index contributed by atoms with van der Waals surface area (Å²) in [4.78, 5) is 5.07. The van der Waals surface area contributed by atoms with Crippen molar-refractivity contribution >= 4 is 17.2 Å². The van der Waals surface area contributed by atoms with Crippen molar-refractivity contribution in [3.05, 3.63) is 30.1 Å². The summed E-state index contributed by atoms with van der Waals surface area (Å²) in [5.74, 6) is 2.67. The molecule has 0 aliphatic heterocycles. The molecule has 1 unspecified atom stereocenters. The molecule has 0 saturated carbocycles. The van der Waals surface area contributed by atoms with Crippen LogP contribution >= 0.6 is 12.2 Å². The zero-order chi connectivity index (χ0) is 11.1. The third kappa shape index (κ3) is 3.34. The van der Waals surface area contributed by atoms with E-state index in [4.69, 9.17) is 18.6 Å². The van der Waals surface area contributed by atoms with Gasteiger partial charge in [0.05, 0.1) is 23.1 Å². The van der Waals surface area contributed by atoms with Gasteiger partial charge in [-0.05, 0) is 18.6 Å². The fourth-order valence-corrected chi connectivity index (χ4v) is 1.73. The van der Waals surface area contributed by atoms with Crippen LogP contribution < -0.4 is 5.32 Å². The molecule has 0 saturated heterocycles. The van der Waals surface area contributed by atoms with Gasteiger partial charge in [-0.15, -0.1) is 6.42 Å². The van der Waals surface area contributed by atoms with Gasteiger partial charge in [0.25, 0.3) is 0 Å². The van der Waals surface area contributed by atoms with Gasteiger partial charge in [-0.25, -0.2) is 0 Å². The molecular weight excluding hydrogens is 204 g/mol. The van der Waals surface area contributed by atoms with Crippen molar-refractivity contribution in [2.75, 3.05) is 6.54 Å². The van der Waals surface area contributed by atoms with E-state index in [0.29, 0.717) is 6.54 Å². The summed E-state index contributed by atoms with van der Waals surface area (Å²) in [6, 6.07) is 5.85. The normalized spacial score (nSPS) is 11.5. The number of thiocarbonyl (C=S) groups is 1. The maximum Gasteiger partial charge on any atom is 0.0852 e. The third-order valence-electron chi connectivity index (χ3n) is 2.13. The largest absolute Gasteiger partial charge is 0.368 e. The Bertz CT molecular complexity index is 354. The van der Waals surface area contributed by atoms with Gasteiger partial charge in [0.1, 0.15) is 0 Å². The van der Waals surface area contributed by atoms with Gasteiger partial charge >= 0.3 is 0 Å². The summed E-state index contributed by atoms with van der Waals surface area (Å²) in [6.45, 7) is 2.56. The van der Waals surface area contributed by atoms with E-state index in [1.54, 1.807) is 6.20 Å². The highest BCUT2D eigenvalue weighted by atomic mass is 32.1. The molecule has 15 heavy (non-hydrogen) atoms. The Kier molecular flexibility index (Phi) is 4.79. The number of hydrogen-bond donors (Lipinski definition) is 1. The van der Waals surface area contributed by atoms with E-state index < -0.39 is 0 Å². The SMILES string of the molecule is C#CCNC(=S)C(CC)c1ccccn1. The van der Waals surface area contributed by atoms with Gasteiger partial charge in [0.15, 0.2) is 0 Å². The van der Waals surface area contributed by atoms with E-state index in [2.05, 4.69) is 23.1 Å². The number of pyridine rings is 1. The predicted molar refractivity (Wildman–Crippen MR) is 66.7 cm³/mol. The van der Waals surface area contributed by atoms with Gasteiger partial charge in [-0.1, -0.05) is 31.1 Å². The molecule has 0 amide bonds. The fraction of sp³-hybridized carbons (Fsp3) is 0.333. The zero-order valence-corrected chi connectivity index (χ0v) is 9.55. The van der Waals surface area contributed by atoms with E-state index in [1.165, 1.54) is 0 Å². The Morgan fingerprint density at radius 1 is 1.67 bits per heavy atom. The van der Waals surface area contributed by atoms with Crippen molar-refractivity contribution in [2.45, 2.75) is 19.3 Å². The highest BCUT2D eigenvalue weighted by Gasteiger charge is 2.14. The number of aromatic nitrogens is 1.